The summed E-state index contributed by atoms with van der Waals surface area (Å²) >= 11 is 0. The number of hydrogen-bond acceptors (Lipinski definition) is 3. The lowest BCUT2D eigenvalue weighted by atomic mass is 9.99. The van der Waals surface area contributed by atoms with Crippen molar-refractivity contribution in [2.75, 3.05) is 13.2 Å². The molecule has 4 heteroatoms. The fourth-order valence-corrected chi connectivity index (χ4v) is 3.30. The molecule has 3 rings (SSSR count). The molecular weight excluding hydrogens is 364 g/mol. The topological polar surface area (TPSA) is 55.8 Å². The minimum atomic E-state index is -0.943. The van der Waals surface area contributed by atoms with Crippen molar-refractivity contribution in [1.82, 2.24) is 0 Å². The Kier molecular flexibility index (Phi) is 7.04. The van der Waals surface area contributed by atoms with E-state index in [9.17, 15) is 9.90 Å². The lowest BCUT2D eigenvalue weighted by molar-refractivity contribution is -0.149. The molecule has 3 aromatic carbocycles. The molecule has 0 saturated carbocycles. The van der Waals surface area contributed by atoms with Crippen molar-refractivity contribution in [3.63, 3.8) is 0 Å². The molecule has 0 amide bonds. The van der Waals surface area contributed by atoms with Crippen molar-refractivity contribution in [1.29, 1.82) is 0 Å². The van der Waals surface area contributed by atoms with Crippen molar-refractivity contribution in [2.45, 2.75) is 26.4 Å². The quantitative estimate of drug-likeness (QED) is 0.535. The highest BCUT2D eigenvalue weighted by Crippen LogP contribution is 2.25. The maximum absolute atomic E-state index is 11.2. The van der Waals surface area contributed by atoms with Gasteiger partial charge in [-0.3, -0.25) is 0 Å². The smallest absolute Gasteiger partial charge is 0.333 e. The van der Waals surface area contributed by atoms with Gasteiger partial charge < -0.3 is 14.6 Å². The number of fused-ring (bicyclic) bond motifs is 1. The maximum Gasteiger partial charge on any atom is 0.333 e. The molecule has 1 N–H and O–H groups in total. The molecule has 0 radical (unpaired) electrons. The van der Waals surface area contributed by atoms with Crippen molar-refractivity contribution in [3.8, 4) is 5.75 Å². The lowest BCUT2D eigenvalue weighted by Gasteiger charge is -2.12. The molecule has 1 atom stereocenters. The first-order chi connectivity index (χ1) is 14.1. The summed E-state index contributed by atoms with van der Waals surface area (Å²) < 4.78 is 11.1. The van der Waals surface area contributed by atoms with Crippen LogP contribution in [0.4, 0.5) is 0 Å². The van der Waals surface area contributed by atoms with Gasteiger partial charge in [0.05, 0.1) is 0 Å². The zero-order valence-electron chi connectivity index (χ0n) is 16.8. The average Bonchev–Trinajstić information content (AvgIpc) is 2.74. The molecule has 0 aliphatic rings. The summed E-state index contributed by atoms with van der Waals surface area (Å²) in [5, 5.41) is 11.6. The van der Waals surface area contributed by atoms with Crippen LogP contribution in [0.3, 0.4) is 0 Å². The van der Waals surface area contributed by atoms with Gasteiger partial charge in [0.15, 0.2) is 6.10 Å². The van der Waals surface area contributed by atoms with Crippen LogP contribution >= 0.6 is 0 Å². The summed E-state index contributed by atoms with van der Waals surface area (Å²) in [6.45, 7) is 4.72. The van der Waals surface area contributed by atoms with Crippen LogP contribution in [-0.4, -0.2) is 30.4 Å². The lowest BCUT2D eigenvalue weighted by Crippen LogP contribution is -2.26. The number of aliphatic carboxylic acids is 1. The Hall–Kier alpha value is -3.11. The second-order valence-electron chi connectivity index (χ2n) is 6.86. The Balaban J connectivity index is 1.62. The molecular formula is C25H26O4. The van der Waals surface area contributed by atoms with Gasteiger partial charge in [-0.1, -0.05) is 54.6 Å². The highest BCUT2D eigenvalue weighted by atomic mass is 16.5. The van der Waals surface area contributed by atoms with Gasteiger partial charge in [0, 0.05) is 13.0 Å². The summed E-state index contributed by atoms with van der Waals surface area (Å²) in [4.78, 5) is 11.2. The Labute approximate surface area is 171 Å². The van der Waals surface area contributed by atoms with Gasteiger partial charge in [0.2, 0.25) is 0 Å². The van der Waals surface area contributed by atoms with Gasteiger partial charge in [-0.15, -0.1) is 0 Å². The third-order valence-corrected chi connectivity index (χ3v) is 4.84. The van der Waals surface area contributed by atoms with Gasteiger partial charge in [0.25, 0.3) is 0 Å². The van der Waals surface area contributed by atoms with Crippen molar-refractivity contribution in [2.24, 2.45) is 0 Å². The monoisotopic (exact) mass is 390 g/mol. The number of rotatable bonds is 9. The molecule has 0 aromatic heterocycles. The molecule has 0 aliphatic carbocycles. The first kappa shape index (κ1) is 20.6. The highest BCUT2D eigenvalue weighted by Gasteiger charge is 2.17. The largest absolute Gasteiger partial charge is 0.490 e. The third-order valence-electron chi connectivity index (χ3n) is 4.84. The summed E-state index contributed by atoms with van der Waals surface area (Å²) in [5.74, 6) is -0.194. The fourth-order valence-electron chi connectivity index (χ4n) is 3.30. The number of benzene rings is 3. The predicted octanol–water partition coefficient (Wildman–Crippen LogP) is 5.35. The number of hydrogen-bond donors (Lipinski definition) is 1. The van der Waals surface area contributed by atoms with E-state index in [-0.39, 0.29) is 0 Å². The SMILES string of the molecule is CCOC(Cc1ccc(OC/C=C(\C)c2cccc3ccccc23)cc1)C(=O)O. The third kappa shape index (κ3) is 5.46. The molecule has 0 heterocycles. The van der Waals surface area contributed by atoms with Gasteiger partial charge >= 0.3 is 5.97 Å². The Morgan fingerprint density at radius 3 is 2.48 bits per heavy atom. The molecule has 150 valence electrons. The molecule has 4 nitrogen and oxygen atoms in total. The second kappa shape index (κ2) is 9.89. The van der Waals surface area contributed by atoms with Crippen LogP contribution in [0.1, 0.15) is 25.0 Å². The van der Waals surface area contributed by atoms with Crippen LogP contribution in [0.5, 0.6) is 5.75 Å². The van der Waals surface area contributed by atoms with E-state index >= 15 is 0 Å². The normalized spacial score (nSPS) is 12.7. The van der Waals surface area contributed by atoms with E-state index in [0.29, 0.717) is 19.6 Å². The minimum absolute atomic E-state index is 0.337. The van der Waals surface area contributed by atoms with Crippen LogP contribution in [0, 0.1) is 0 Å². The molecule has 1 unspecified atom stereocenters. The number of ether oxygens (including phenoxy) is 2. The van der Waals surface area contributed by atoms with E-state index in [0.717, 1.165) is 11.3 Å². The van der Waals surface area contributed by atoms with E-state index in [2.05, 4.69) is 49.4 Å². The molecule has 3 aromatic rings. The molecule has 0 bridgehead atoms. The van der Waals surface area contributed by atoms with Gasteiger partial charge in [-0.25, -0.2) is 4.79 Å². The van der Waals surface area contributed by atoms with Crippen LogP contribution in [0.15, 0.2) is 72.8 Å². The van der Waals surface area contributed by atoms with Crippen molar-refractivity contribution in [3.05, 3.63) is 83.9 Å². The average molecular weight is 390 g/mol. The van der Waals surface area contributed by atoms with Gasteiger partial charge in [-0.05, 0) is 59.5 Å². The molecule has 0 saturated heterocycles. The summed E-state index contributed by atoms with van der Waals surface area (Å²) in [6, 6.07) is 22.1. The first-order valence-corrected chi connectivity index (χ1v) is 9.79. The summed E-state index contributed by atoms with van der Waals surface area (Å²) in [5.41, 5.74) is 3.28. The summed E-state index contributed by atoms with van der Waals surface area (Å²) in [7, 11) is 0. The number of allylic oxidation sites excluding steroid dienone is 1. The Bertz CT molecular complexity index is 984. The van der Waals surface area contributed by atoms with Gasteiger partial charge in [-0.2, -0.15) is 0 Å². The van der Waals surface area contributed by atoms with E-state index in [1.807, 2.05) is 30.3 Å². The Morgan fingerprint density at radius 2 is 1.76 bits per heavy atom. The van der Waals surface area contributed by atoms with Crippen LogP contribution in [0.2, 0.25) is 0 Å². The van der Waals surface area contributed by atoms with Crippen LogP contribution in [-0.2, 0) is 16.0 Å². The minimum Gasteiger partial charge on any atom is -0.490 e. The Morgan fingerprint density at radius 1 is 1.03 bits per heavy atom. The summed E-state index contributed by atoms with van der Waals surface area (Å²) in [6.07, 6.45) is 1.59. The molecule has 29 heavy (non-hydrogen) atoms. The molecule has 0 aliphatic heterocycles. The van der Waals surface area contributed by atoms with E-state index in [1.165, 1.54) is 21.9 Å². The van der Waals surface area contributed by atoms with Crippen molar-refractivity contribution >= 4 is 22.3 Å². The van der Waals surface area contributed by atoms with E-state index in [1.54, 1.807) is 6.92 Å². The number of carboxylic acid groups (broad SMARTS) is 1. The number of carboxylic acids is 1. The van der Waals surface area contributed by atoms with E-state index in [4.69, 9.17) is 9.47 Å². The number of carbonyl (C=O) groups is 1. The van der Waals surface area contributed by atoms with Crippen molar-refractivity contribution < 1.29 is 19.4 Å². The fraction of sp³-hybridized carbons (Fsp3) is 0.240. The van der Waals surface area contributed by atoms with E-state index < -0.39 is 12.1 Å². The van der Waals surface area contributed by atoms with Crippen LogP contribution in [0.25, 0.3) is 16.3 Å². The molecule has 0 fully saturated rings. The van der Waals surface area contributed by atoms with Crippen LogP contribution < -0.4 is 4.74 Å². The zero-order valence-corrected chi connectivity index (χ0v) is 16.8. The second-order valence-corrected chi connectivity index (χ2v) is 6.86. The first-order valence-electron chi connectivity index (χ1n) is 9.79. The highest BCUT2D eigenvalue weighted by molar-refractivity contribution is 5.93. The zero-order chi connectivity index (χ0) is 20.6. The predicted molar refractivity (Wildman–Crippen MR) is 116 cm³/mol. The standard InChI is InChI=1S/C25H26O4/c1-3-28-24(25(26)27)17-19-11-13-21(14-12-19)29-16-15-18(2)22-10-6-8-20-7-4-5-9-23(20)22/h4-15,24H,3,16-17H2,1-2H3,(H,26,27)/b18-15+. The molecule has 0 spiro atoms. The van der Waals surface area contributed by atoms with Gasteiger partial charge in [0.1, 0.15) is 12.4 Å². The maximum atomic E-state index is 11.2.